The predicted molar refractivity (Wildman–Crippen MR) is 58.7 cm³/mol. The second kappa shape index (κ2) is 5.16. The average Bonchev–Trinajstić information content (AvgIpc) is 2.23. The highest BCUT2D eigenvalue weighted by Crippen LogP contribution is 2.41. The summed E-state index contributed by atoms with van der Waals surface area (Å²) in [6.45, 7) is 1.66. The van der Waals surface area contributed by atoms with Crippen molar-refractivity contribution in [1.82, 2.24) is 0 Å². The molecular formula is C11H12ClFO3. The summed E-state index contributed by atoms with van der Waals surface area (Å²) in [7, 11) is 1.32. The van der Waals surface area contributed by atoms with Crippen LogP contribution < -0.4 is 4.74 Å². The molecule has 0 fully saturated rings. The molecule has 0 aliphatic rings. The Kier molecular flexibility index (Phi) is 4.12. The number of ether oxygens (including phenoxy) is 1. The lowest BCUT2D eigenvalue weighted by atomic mass is 9.96. The van der Waals surface area contributed by atoms with Crippen LogP contribution in [0.4, 0.5) is 4.39 Å². The van der Waals surface area contributed by atoms with Crippen LogP contribution in [0.15, 0.2) is 6.07 Å². The second-order valence-corrected chi connectivity index (χ2v) is 3.85. The molecule has 0 bridgehead atoms. The number of halogens is 2. The van der Waals surface area contributed by atoms with Gasteiger partial charge in [-0.05, 0) is 5.92 Å². The fourth-order valence-corrected chi connectivity index (χ4v) is 1.74. The number of carbonyl (C=O) groups excluding carboxylic acids is 1. The van der Waals surface area contributed by atoms with E-state index in [1.807, 2.05) is 0 Å². The van der Waals surface area contributed by atoms with Gasteiger partial charge < -0.3 is 14.6 Å². The first-order valence-electron chi connectivity index (χ1n) is 4.71. The quantitative estimate of drug-likeness (QED) is 0.831. The van der Waals surface area contributed by atoms with Crippen LogP contribution in [0.3, 0.4) is 0 Å². The summed E-state index contributed by atoms with van der Waals surface area (Å²) in [4.78, 5) is 10.4. The van der Waals surface area contributed by atoms with Gasteiger partial charge in [-0.15, -0.1) is 0 Å². The number of rotatable bonds is 4. The summed E-state index contributed by atoms with van der Waals surface area (Å²) >= 11 is 5.61. The number of hydrogen-bond acceptors (Lipinski definition) is 3. The molecule has 1 N–H and O–H groups in total. The maximum atomic E-state index is 13.8. The number of aldehydes is 1. The van der Waals surface area contributed by atoms with E-state index in [4.69, 9.17) is 16.3 Å². The fraction of sp³-hybridized carbons (Fsp3) is 0.364. The van der Waals surface area contributed by atoms with E-state index >= 15 is 0 Å². The molecule has 0 amide bonds. The Hall–Kier alpha value is -1.29. The van der Waals surface area contributed by atoms with Crippen LogP contribution in [0.1, 0.15) is 24.8 Å². The van der Waals surface area contributed by atoms with E-state index in [0.29, 0.717) is 6.29 Å². The Morgan fingerprint density at radius 3 is 2.81 bits per heavy atom. The van der Waals surface area contributed by atoms with E-state index in [9.17, 15) is 14.3 Å². The van der Waals surface area contributed by atoms with E-state index < -0.39 is 11.7 Å². The summed E-state index contributed by atoms with van der Waals surface area (Å²) < 4.78 is 18.7. The number of carbonyl (C=O) groups is 1. The fourth-order valence-electron chi connectivity index (χ4n) is 1.53. The maximum absolute atomic E-state index is 13.8. The minimum Gasteiger partial charge on any atom is -0.504 e. The average molecular weight is 247 g/mol. The van der Waals surface area contributed by atoms with Gasteiger partial charge in [0.15, 0.2) is 11.5 Å². The van der Waals surface area contributed by atoms with Crippen LogP contribution in [-0.2, 0) is 4.79 Å². The molecule has 0 aromatic heterocycles. The molecule has 88 valence electrons. The molecular weight excluding hydrogens is 235 g/mol. The number of hydrogen-bond donors (Lipinski definition) is 1. The van der Waals surface area contributed by atoms with Gasteiger partial charge in [-0.2, -0.15) is 0 Å². The number of phenolic OH excluding ortho intramolecular Hbond substituents is 1. The van der Waals surface area contributed by atoms with Crippen molar-refractivity contribution in [2.24, 2.45) is 0 Å². The topological polar surface area (TPSA) is 46.5 Å². The van der Waals surface area contributed by atoms with Crippen molar-refractivity contribution in [2.45, 2.75) is 19.3 Å². The molecule has 0 saturated heterocycles. The molecule has 5 heteroatoms. The van der Waals surface area contributed by atoms with Crippen molar-refractivity contribution >= 4 is 17.9 Å². The van der Waals surface area contributed by atoms with Gasteiger partial charge in [-0.25, -0.2) is 4.39 Å². The number of methoxy groups -OCH3 is 1. The van der Waals surface area contributed by atoms with E-state index in [1.54, 1.807) is 6.92 Å². The standard InChI is InChI=1S/C11H12ClFO3/c1-6(3-4-14)9-10(13)7(12)5-8(15)11(9)16-2/h4-6,15H,3H2,1-2H3. The van der Waals surface area contributed by atoms with Crippen molar-refractivity contribution in [2.75, 3.05) is 7.11 Å². The van der Waals surface area contributed by atoms with Crippen LogP contribution in [0.2, 0.25) is 5.02 Å². The Bertz CT molecular complexity index is 407. The molecule has 1 atom stereocenters. The van der Waals surface area contributed by atoms with E-state index in [-0.39, 0.29) is 28.5 Å². The molecule has 0 radical (unpaired) electrons. The lowest BCUT2D eigenvalue weighted by molar-refractivity contribution is -0.108. The smallest absolute Gasteiger partial charge is 0.166 e. The van der Waals surface area contributed by atoms with E-state index in [0.717, 1.165) is 6.07 Å². The van der Waals surface area contributed by atoms with Gasteiger partial charge in [0.1, 0.15) is 12.1 Å². The van der Waals surface area contributed by atoms with E-state index in [2.05, 4.69) is 0 Å². The highest BCUT2D eigenvalue weighted by atomic mass is 35.5. The highest BCUT2D eigenvalue weighted by Gasteiger charge is 2.22. The van der Waals surface area contributed by atoms with Crippen molar-refractivity contribution in [3.05, 3.63) is 22.5 Å². The van der Waals surface area contributed by atoms with Crippen LogP contribution in [0.5, 0.6) is 11.5 Å². The monoisotopic (exact) mass is 246 g/mol. The summed E-state index contributed by atoms with van der Waals surface area (Å²) in [5.41, 5.74) is 0.125. The van der Waals surface area contributed by atoms with Gasteiger partial charge in [-0.3, -0.25) is 0 Å². The third-order valence-electron chi connectivity index (χ3n) is 2.33. The maximum Gasteiger partial charge on any atom is 0.166 e. The Morgan fingerprint density at radius 1 is 1.69 bits per heavy atom. The van der Waals surface area contributed by atoms with Gasteiger partial charge in [-0.1, -0.05) is 18.5 Å². The Balaban J connectivity index is 3.37. The zero-order chi connectivity index (χ0) is 12.3. The van der Waals surface area contributed by atoms with Gasteiger partial charge in [0.25, 0.3) is 0 Å². The molecule has 3 nitrogen and oxygen atoms in total. The molecule has 1 rings (SSSR count). The molecule has 0 aliphatic carbocycles. The van der Waals surface area contributed by atoms with Crippen LogP contribution in [-0.4, -0.2) is 18.5 Å². The summed E-state index contributed by atoms with van der Waals surface area (Å²) in [5, 5.41) is 9.36. The minimum absolute atomic E-state index is 0.0243. The summed E-state index contributed by atoms with van der Waals surface area (Å²) in [6.07, 6.45) is 0.814. The zero-order valence-electron chi connectivity index (χ0n) is 8.96. The third-order valence-corrected chi connectivity index (χ3v) is 2.61. The second-order valence-electron chi connectivity index (χ2n) is 3.44. The SMILES string of the molecule is COc1c(O)cc(Cl)c(F)c1C(C)CC=O. The van der Waals surface area contributed by atoms with Crippen LogP contribution in [0, 0.1) is 5.82 Å². The van der Waals surface area contributed by atoms with Crippen LogP contribution in [0.25, 0.3) is 0 Å². The largest absolute Gasteiger partial charge is 0.504 e. The van der Waals surface area contributed by atoms with Crippen molar-refractivity contribution in [3.63, 3.8) is 0 Å². The minimum atomic E-state index is -0.661. The van der Waals surface area contributed by atoms with Crippen LogP contribution >= 0.6 is 11.6 Å². The lowest BCUT2D eigenvalue weighted by Crippen LogP contribution is -2.03. The summed E-state index contributed by atoms with van der Waals surface area (Å²) in [6, 6.07) is 1.08. The van der Waals surface area contributed by atoms with E-state index in [1.165, 1.54) is 7.11 Å². The number of phenols is 1. The predicted octanol–water partition coefficient (Wildman–Crippen LogP) is 2.89. The molecule has 1 unspecified atom stereocenters. The normalized spacial score (nSPS) is 12.2. The molecule has 1 aromatic carbocycles. The summed E-state index contributed by atoms with van der Waals surface area (Å²) in [5.74, 6) is -1.28. The van der Waals surface area contributed by atoms with Gasteiger partial charge >= 0.3 is 0 Å². The van der Waals surface area contributed by atoms with Crippen molar-refractivity contribution in [1.29, 1.82) is 0 Å². The van der Waals surface area contributed by atoms with Gasteiger partial charge in [0.05, 0.1) is 12.1 Å². The highest BCUT2D eigenvalue weighted by molar-refractivity contribution is 6.31. The molecule has 1 aromatic rings. The zero-order valence-corrected chi connectivity index (χ0v) is 9.71. The molecule has 0 spiro atoms. The molecule has 16 heavy (non-hydrogen) atoms. The van der Waals surface area contributed by atoms with Crippen molar-refractivity contribution < 1.29 is 19.0 Å². The molecule has 0 heterocycles. The molecule has 0 aliphatic heterocycles. The first-order chi connectivity index (χ1) is 7.52. The first kappa shape index (κ1) is 12.8. The van der Waals surface area contributed by atoms with Crippen molar-refractivity contribution in [3.8, 4) is 11.5 Å². The van der Waals surface area contributed by atoms with Gasteiger partial charge in [0, 0.05) is 18.1 Å². The number of benzene rings is 1. The molecule has 0 saturated carbocycles. The number of aromatic hydroxyl groups is 1. The van der Waals surface area contributed by atoms with Gasteiger partial charge in [0.2, 0.25) is 0 Å². The Morgan fingerprint density at radius 2 is 2.31 bits per heavy atom. The Labute approximate surface area is 97.8 Å². The first-order valence-corrected chi connectivity index (χ1v) is 5.09. The lowest BCUT2D eigenvalue weighted by Gasteiger charge is -2.16. The third kappa shape index (κ3) is 2.27.